The highest BCUT2D eigenvalue weighted by atomic mass is 14.1. The predicted octanol–water partition coefficient (Wildman–Crippen LogP) is 5.85. The second kappa shape index (κ2) is 6.80. The molecule has 0 saturated heterocycles. The Morgan fingerprint density at radius 2 is 1.72 bits per heavy atom. The molecule has 0 unspecified atom stereocenters. The molecule has 0 heterocycles. The molecule has 0 spiro atoms. The average Bonchev–Trinajstić information content (AvgIpc) is 2.42. The van der Waals surface area contributed by atoms with E-state index in [0.29, 0.717) is 0 Å². The van der Waals surface area contributed by atoms with Crippen LogP contribution in [0.1, 0.15) is 37.5 Å². The number of rotatable bonds is 2. The molecule has 0 fully saturated rings. The van der Waals surface area contributed by atoms with Crippen LogP contribution in [0.25, 0.3) is 22.9 Å². The van der Waals surface area contributed by atoms with Gasteiger partial charge in [0.2, 0.25) is 0 Å². The van der Waals surface area contributed by atoms with Gasteiger partial charge in [0.15, 0.2) is 0 Å². The molecule has 18 heavy (non-hydrogen) atoms. The molecule has 0 heteroatoms. The van der Waals surface area contributed by atoms with E-state index in [1.54, 1.807) is 0 Å². The number of aryl methyl sites for hydroxylation is 1. The molecule has 0 saturated carbocycles. The summed E-state index contributed by atoms with van der Waals surface area (Å²) in [7, 11) is 0. The predicted molar refractivity (Wildman–Crippen MR) is 84.8 cm³/mol. The van der Waals surface area contributed by atoms with Crippen LogP contribution in [0.2, 0.25) is 0 Å². The smallest absolute Gasteiger partial charge is 0.0105 e. The zero-order valence-electron chi connectivity index (χ0n) is 11.8. The van der Waals surface area contributed by atoms with Crippen LogP contribution in [0.5, 0.6) is 0 Å². The van der Waals surface area contributed by atoms with Gasteiger partial charge in [-0.05, 0) is 41.3 Å². The maximum Gasteiger partial charge on any atom is -0.0105 e. The van der Waals surface area contributed by atoms with E-state index in [1.807, 2.05) is 26.8 Å². The molecule has 0 atom stereocenters. The maximum absolute atomic E-state index is 3.93. The van der Waals surface area contributed by atoms with E-state index >= 15 is 0 Å². The number of allylic oxidation sites excluding steroid dienone is 1. The normalized spacial score (nSPS) is 10.2. The van der Waals surface area contributed by atoms with Crippen molar-refractivity contribution in [1.82, 2.24) is 0 Å². The van der Waals surface area contributed by atoms with Crippen molar-refractivity contribution >= 4 is 22.9 Å². The zero-order chi connectivity index (χ0) is 13.5. The SMILES string of the molecule is C=Cc1c(/C=C\C)c(C)cc2ccccc12.CC. The Morgan fingerprint density at radius 1 is 1.06 bits per heavy atom. The summed E-state index contributed by atoms with van der Waals surface area (Å²) in [5.41, 5.74) is 3.80. The van der Waals surface area contributed by atoms with E-state index < -0.39 is 0 Å². The molecule has 2 rings (SSSR count). The van der Waals surface area contributed by atoms with Crippen molar-refractivity contribution in [2.24, 2.45) is 0 Å². The minimum Gasteiger partial charge on any atom is -0.0984 e. The van der Waals surface area contributed by atoms with E-state index in [0.717, 1.165) is 0 Å². The molecule has 0 aliphatic carbocycles. The summed E-state index contributed by atoms with van der Waals surface area (Å²) in [6, 6.07) is 10.7. The van der Waals surface area contributed by atoms with Crippen LogP contribution in [0, 0.1) is 6.92 Å². The van der Waals surface area contributed by atoms with Crippen molar-refractivity contribution in [3.05, 3.63) is 59.7 Å². The second-order valence-corrected chi connectivity index (χ2v) is 3.95. The fourth-order valence-corrected chi connectivity index (χ4v) is 2.14. The summed E-state index contributed by atoms with van der Waals surface area (Å²) >= 11 is 0. The van der Waals surface area contributed by atoms with Crippen molar-refractivity contribution in [3.8, 4) is 0 Å². The van der Waals surface area contributed by atoms with Crippen molar-refractivity contribution in [2.75, 3.05) is 0 Å². The van der Waals surface area contributed by atoms with Gasteiger partial charge < -0.3 is 0 Å². The van der Waals surface area contributed by atoms with Crippen LogP contribution in [-0.2, 0) is 0 Å². The van der Waals surface area contributed by atoms with E-state index in [9.17, 15) is 0 Å². The van der Waals surface area contributed by atoms with Crippen LogP contribution < -0.4 is 0 Å². The number of benzene rings is 2. The molecule has 94 valence electrons. The highest BCUT2D eigenvalue weighted by Crippen LogP contribution is 2.27. The summed E-state index contributed by atoms with van der Waals surface area (Å²) in [6.45, 7) is 12.1. The second-order valence-electron chi connectivity index (χ2n) is 3.95. The third-order valence-electron chi connectivity index (χ3n) is 2.88. The van der Waals surface area contributed by atoms with Gasteiger partial charge in [0.05, 0.1) is 0 Å². The Morgan fingerprint density at radius 3 is 2.33 bits per heavy atom. The Balaban J connectivity index is 0.000000771. The first-order valence-corrected chi connectivity index (χ1v) is 6.55. The topological polar surface area (TPSA) is 0 Å². The first kappa shape index (κ1) is 14.2. The highest BCUT2D eigenvalue weighted by Gasteiger charge is 2.05. The van der Waals surface area contributed by atoms with E-state index in [2.05, 4.69) is 56.0 Å². The lowest BCUT2D eigenvalue weighted by atomic mass is 9.94. The van der Waals surface area contributed by atoms with Gasteiger partial charge in [0, 0.05) is 0 Å². The summed E-state index contributed by atoms with van der Waals surface area (Å²) in [4.78, 5) is 0. The van der Waals surface area contributed by atoms with E-state index in [4.69, 9.17) is 0 Å². The van der Waals surface area contributed by atoms with Crippen molar-refractivity contribution in [2.45, 2.75) is 27.7 Å². The van der Waals surface area contributed by atoms with Gasteiger partial charge in [-0.15, -0.1) is 0 Å². The number of hydrogen-bond acceptors (Lipinski definition) is 0. The molecule has 0 aliphatic rings. The third-order valence-corrected chi connectivity index (χ3v) is 2.88. The molecule has 2 aromatic carbocycles. The van der Waals surface area contributed by atoms with Gasteiger partial charge in [-0.1, -0.05) is 69.0 Å². The minimum absolute atomic E-state index is 1.23. The average molecular weight is 238 g/mol. The lowest BCUT2D eigenvalue weighted by molar-refractivity contribution is 1.46. The van der Waals surface area contributed by atoms with Gasteiger partial charge in [0.1, 0.15) is 0 Å². The van der Waals surface area contributed by atoms with Gasteiger partial charge in [-0.3, -0.25) is 0 Å². The van der Waals surface area contributed by atoms with Gasteiger partial charge >= 0.3 is 0 Å². The lowest BCUT2D eigenvalue weighted by Crippen LogP contribution is -1.88. The molecule has 0 radical (unpaired) electrons. The Labute approximate surface area is 111 Å². The van der Waals surface area contributed by atoms with Crippen LogP contribution in [0.15, 0.2) is 43.0 Å². The Bertz CT molecular complexity index is 560. The van der Waals surface area contributed by atoms with Gasteiger partial charge in [0.25, 0.3) is 0 Å². The summed E-state index contributed by atoms with van der Waals surface area (Å²) in [5, 5.41) is 2.55. The molecule has 0 bridgehead atoms. The third kappa shape index (κ3) is 2.70. The van der Waals surface area contributed by atoms with Crippen molar-refractivity contribution in [1.29, 1.82) is 0 Å². The van der Waals surface area contributed by atoms with Crippen molar-refractivity contribution in [3.63, 3.8) is 0 Å². The molecule has 2 aromatic rings. The van der Waals surface area contributed by atoms with E-state index in [1.165, 1.54) is 27.5 Å². The highest BCUT2D eigenvalue weighted by molar-refractivity contribution is 5.95. The van der Waals surface area contributed by atoms with Crippen LogP contribution in [0.4, 0.5) is 0 Å². The molecule has 0 aromatic heterocycles. The largest absolute Gasteiger partial charge is 0.0984 e. The molecule has 0 amide bonds. The fraction of sp³-hybridized carbons (Fsp3) is 0.222. The zero-order valence-corrected chi connectivity index (χ0v) is 11.8. The molecule has 0 aliphatic heterocycles. The van der Waals surface area contributed by atoms with Gasteiger partial charge in [-0.2, -0.15) is 0 Å². The summed E-state index contributed by atoms with van der Waals surface area (Å²) in [5.74, 6) is 0. The fourth-order valence-electron chi connectivity index (χ4n) is 2.14. The minimum atomic E-state index is 1.23. The summed E-state index contributed by atoms with van der Waals surface area (Å²) < 4.78 is 0. The summed E-state index contributed by atoms with van der Waals surface area (Å²) in [6.07, 6.45) is 6.17. The van der Waals surface area contributed by atoms with Crippen LogP contribution in [0.3, 0.4) is 0 Å². The first-order chi connectivity index (χ1) is 8.77. The number of fused-ring (bicyclic) bond motifs is 1. The monoisotopic (exact) mass is 238 g/mol. The standard InChI is InChI=1S/C16H16.C2H6/c1-4-8-15-12(3)11-13-9-6-7-10-16(13)14(15)5-2;1-2/h4-11H,2H2,1,3H3;1-2H3/b8-4-;. The van der Waals surface area contributed by atoms with Crippen LogP contribution >= 0.6 is 0 Å². The lowest BCUT2D eigenvalue weighted by Gasteiger charge is -2.10. The Kier molecular flexibility index (Phi) is 5.38. The van der Waals surface area contributed by atoms with Crippen molar-refractivity contribution < 1.29 is 0 Å². The Hall–Kier alpha value is -1.82. The molecule has 0 nitrogen and oxygen atoms in total. The molecular formula is C18H22. The quantitative estimate of drug-likeness (QED) is 0.615. The number of hydrogen-bond donors (Lipinski definition) is 0. The molecular weight excluding hydrogens is 216 g/mol. The first-order valence-electron chi connectivity index (χ1n) is 6.55. The van der Waals surface area contributed by atoms with E-state index in [-0.39, 0.29) is 0 Å². The van der Waals surface area contributed by atoms with Gasteiger partial charge in [-0.25, -0.2) is 0 Å². The van der Waals surface area contributed by atoms with Crippen LogP contribution in [-0.4, -0.2) is 0 Å². The maximum atomic E-state index is 3.93. The molecule has 0 N–H and O–H groups in total.